The van der Waals surface area contributed by atoms with E-state index in [-0.39, 0.29) is 29.2 Å². The largest absolute Gasteiger partial charge is 0.301 e. The zero-order chi connectivity index (χ0) is 46.5. The van der Waals surface area contributed by atoms with E-state index in [1.807, 2.05) is 6.07 Å². The molecule has 10 rings (SSSR count). The molecule has 1 saturated heterocycles. The average molecular weight is 953 g/mol. The summed E-state index contributed by atoms with van der Waals surface area (Å²) in [6, 6.07) is 86.8. The van der Waals surface area contributed by atoms with Gasteiger partial charge in [-0.1, -0.05) is 182 Å². The molecule has 0 spiro atoms. The van der Waals surface area contributed by atoms with Gasteiger partial charge < -0.3 is 0 Å². The third-order valence-corrected chi connectivity index (χ3v) is 19.6. The van der Waals surface area contributed by atoms with Crippen molar-refractivity contribution in [3.8, 4) is 0 Å². The fourth-order valence-electron chi connectivity index (χ4n) is 8.42. The van der Waals surface area contributed by atoms with Gasteiger partial charge in [-0.3, -0.25) is 4.84 Å². The number of anilines is 1. The standard InChI is InChI=1S/C36H30NP2.C19H17NO.3CO.Mn/c1-7-19-31(20-8-1)38(32-21-9-2-10-22-32,33-23-11-3-12-24-33)37-39(34-25-13-4-14-26-34,35-27-15-5-16-28-35)36-29-17-6-18-30-36;1-3-9-15(10-4-1)19-17-13-7-8-14-18(17)21-20(19)16-11-5-2-6-12-16;3*1-2;/h1-30H;1-14,17-19H;;;;/q+1;;;;;/t;17-,18+,19+;;;;/m.1..../s1. The van der Waals surface area contributed by atoms with E-state index in [4.69, 9.17) is 23.0 Å². The van der Waals surface area contributed by atoms with Crippen molar-refractivity contribution < 1.29 is 35.9 Å². The van der Waals surface area contributed by atoms with E-state index in [0.717, 1.165) is 5.69 Å². The number of nitrogens with zero attached hydrogens (tertiary/aromatic N) is 2. The van der Waals surface area contributed by atoms with Crippen molar-refractivity contribution >= 4 is 51.6 Å². The number of hydroxylamine groups is 1. The molecule has 1 heterocycles. The maximum Gasteiger partial charge on any atom is 0.301 e. The monoisotopic (exact) mass is 952 g/mol. The summed E-state index contributed by atoms with van der Waals surface area (Å²) in [5.41, 5.74) is 2.39. The molecule has 1 fully saturated rings. The second-order valence-electron chi connectivity index (χ2n) is 14.8. The van der Waals surface area contributed by atoms with E-state index in [2.05, 4.69) is 286 Å². The molecule has 0 saturated carbocycles. The first-order valence-corrected chi connectivity index (χ1v) is 24.6. The van der Waals surface area contributed by atoms with Crippen LogP contribution in [-0.4, -0.2) is 6.10 Å². The van der Waals surface area contributed by atoms with Crippen molar-refractivity contribution in [2.75, 3.05) is 5.06 Å². The summed E-state index contributed by atoms with van der Waals surface area (Å²) in [7, 11) is -4.99. The number of para-hydroxylation sites is 1. The number of hydrogen-bond acceptors (Lipinski definition) is 2. The first-order valence-electron chi connectivity index (χ1n) is 21.2. The molecule has 9 heteroatoms. The summed E-state index contributed by atoms with van der Waals surface area (Å²) in [5.74, 6) is 0.345. The second kappa shape index (κ2) is 26.5. The minimum Gasteiger partial charge on any atom is -0.148 e. The van der Waals surface area contributed by atoms with Crippen LogP contribution in [0.3, 0.4) is 0 Å². The first-order chi connectivity index (χ1) is 32.8. The SMILES string of the molecule is C1=C[C@@H]2[C@H](C=C1)ON(c1ccccc1)[C@H]2c1ccccc1.[C-]#[O+].[C-]#[O+].[C-]#[O+].[Mn].c1ccc(P(=[N+]=P(c2ccccc2)(c2ccccc2)c2ccccc2)(c2ccccc2)c2ccccc2)cc1. The molecule has 8 aromatic rings. The van der Waals surface area contributed by atoms with Gasteiger partial charge in [-0.15, -0.1) is 4.17 Å². The molecule has 0 unspecified atom stereocenters. The molecular weight excluding hydrogens is 906 g/mol. The number of hydrogen-bond donors (Lipinski definition) is 0. The predicted octanol–water partition coefficient (Wildman–Crippen LogP) is 10.6. The molecule has 0 bridgehead atoms. The smallest absolute Gasteiger partial charge is 0.148 e. The normalized spacial score (nSPS) is 15.2. The summed E-state index contributed by atoms with van der Waals surface area (Å²) in [5, 5.41) is 9.61. The molecule has 0 aromatic heterocycles. The van der Waals surface area contributed by atoms with E-state index < -0.39 is 14.1 Å². The Morgan fingerprint density at radius 1 is 0.373 bits per heavy atom. The van der Waals surface area contributed by atoms with E-state index in [1.165, 1.54) is 37.4 Å². The molecule has 0 N–H and O–H groups in total. The molecule has 2 aliphatic rings. The number of allylic oxidation sites excluding steroid dienone is 2. The molecule has 1 aliphatic carbocycles. The van der Waals surface area contributed by atoms with Crippen LogP contribution in [0.5, 0.6) is 0 Å². The second-order valence-corrected chi connectivity index (χ2v) is 21.2. The fourth-order valence-corrected chi connectivity index (χ4v) is 17.9. The predicted molar refractivity (Wildman–Crippen MR) is 269 cm³/mol. The fraction of sp³-hybridized carbons (Fsp3) is 0.0517. The Hall–Kier alpha value is -6.69. The number of fused-ring (bicyclic) bond motifs is 1. The van der Waals surface area contributed by atoms with Gasteiger partial charge in [0.25, 0.3) is 0 Å². The summed E-state index contributed by atoms with van der Waals surface area (Å²) in [6.45, 7) is 13.5. The van der Waals surface area contributed by atoms with Crippen molar-refractivity contribution in [3.05, 3.63) is 292 Å². The number of rotatable bonds is 8. The topological polar surface area (TPSA) is 86.3 Å². The van der Waals surface area contributed by atoms with Gasteiger partial charge in [0.2, 0.25) is 0 Å². The average Bonchev–Trinajstić information content (AvgIpc) is 3.83. The van der Waals surface area contributed by atoms with Crippen LogP contribution in [0.25, 0.3) is 0 Å². The van der Waals surface area contributed by atoms with E-state index in [9.17, 15) is 0 Å². The Balaban J connectivity index is 0.000000253. The zero-order valence-corrected chi connectivity index (χ0v) is 39.4. The zero-order valence-electron chi connectivity index (χ0n) is 36.4. The summed E-state index contributed by atoms with van der Waals surface area (Å²) < 4.78 is 28.9. The van der Waals surface area contributed by atoms with Crippen LogP contribution in [0.4, 0.5) is 5.69 Å². The quantitative estimate of drug-likeness (QED) is 0.0500. The van der Waals surface area contributed by atoms with Gasteiger partial charge in [0, 0.05) is 23.0 Å². The van der Waals surface area contributed by atoms with Crippen molar-refractivity contribution in [1.29, 1.82) is 0 Å². The maximum absolute atomic E-state index is 7.50. The van der Waals surface area contributed by atoms with Gasteiger partial charge in [0.1, 0.15) is 6.10 Å². The molecule has 67 heavy (non-hydrogen) atoms. The van der Waals surface area contributed by atoms with Crippen LogP contribution < -0.4 is 41.1 Å². The first kappa shape index (κ1) is 51.3. The van der Waals surface area contributed by atoms with Crippen LogP contribution >= 0.6 is 14.1 Å². The minimum atomic E-state index is -2.50. The van der Waals surface area contributed by atoms with Gasteiger partial charge in [-0.2, -0.15) is 0 Å². The van der Waals surface area contributed by atoms with Crippen molar-refractivity contribution in [2.24, 2.45) is 5.92 Å². The molecule has 8 aromatic carbocycles. The third kappa shape index (κ3) is 11.5. The molecule has 329 valence electrons. The van der Waals surface area contributed by atoms with E-state index in [0.29, 0.717) is 5.92 Å². The molecule has 0 amide bonds. The Bertz CT molecular complexity index is 2600. The van der Waals surface area contributed by atoms with Gasteiger partial charge in [0.15, 0.2) is 0 Å². The Labute approximate surface area is 405 Å². The van der Waals surface area contributed by atoms with Crippen molar-refractivity contribution in [2.45, 2.75) is 12.1 Å². The summed E-state index contributed by atoms with van der Waals surface area (Å²) in [4.78, 5) is 6.21. The Kier molecular flexibility index (Phi) is 20.3. The van der Waals surface area contributed by atoms with Crippen LogP contribution in [0.2, 0.25) is 0 Å². The van der Waals surface area contributed by atoms with Crippen LogP contribution in [-0.2, 0) is 35.9 Å². The van der Waals surface area contributed by atoms with Crippen LogP contribution in [0.1, 0.15) is 11.6 Å². The van der Waals surface area contributed by atoms with Crippen molar-refractivity contribution in [1.82, 2.24) is 4.17 Å². The van der Waals surface area contributed by atoms with Crippen LogP contribution in [0.15, 0.2) is 267 Å². The van der Waals surface area contributed by atoms with Gasteiger partial charge in [0.05, 0.1) is 43.6 Å². The van der Waals surface area contributed by atoms with Gasteiger partial charge >= 0.3 is 48.0 Å². The van der Waals surface area contributed by atoms with Crippen molar-refractivity contribution in [3.63, 3.8) is 0 Å². The third-order valence-electron chi connectivity index (χ3n) is 11.2. The van der Waals surface area contributed by atoms with Gasteiger partial charge in [-0.05, 0) is 90.5 Å². The minimum absolute atomic E-state index is 0. The van der Waals surface area contributed by atoms with Gasteiger partial charge in [-0.25, -0.2) is 5.06 Å². The summed E-state index contributed by atoms with van der Waals surface area (Å²) in [6.07, 6.45) is 8.70. The van der Waals surface area contributed by atoms with E-state index >= 15 is 0 Å². The maximum atomic E-state index is 7.50. The van der Waals surface area contributed by atoms with E-state index in [1.54, 1.807) is 0 Å². The summed E-state index contributed by atoms with van der Waals surface area (Å²) >= 11 is 0. The Morgan fingerprint density at radius 2 is 0.642 bits per heavy atom. The molecule has 1 aliphatic heterocycles. The molecule has 1 radical (unpaired) electrons. The molecule has 6 nitrogen and oxygen atoms in total. The molecule has 3 atom stereocenters. The Morgan fingerprint density at radius 3 is 0.955 bits per heavy atom. The molecular formula is C58H47MnN2O4P2+. The van der Waals surface area contributed by atoms with Crippen LogP contribution in [0, 0.1) is 25.9 Å². The number of benzene rings is 8.